The molecule has 0 heterocycles. The monoisotopic (exact) mass is 224 g/mol. The number of carbonyl (C=O) groups excluding carboxylic acids is 1. The summed E-state index contributed by atoms with van der Waals surface area (Å²) in [6.45, 7) is 0. The van der Waals surface area contributed by atoms with Crippen LogP contribution in [0.1, 0.15) is 17.2 Å². The number of primary amides is 1. The molecule has 2 unspecified atom stereocenters. The first-order valence-electron chi connectivity index (χ1n) is 4.32. The fourth-order valence-electron chi connectivity index (χ4n) is 1.14. The molecule has 0 aliphatic rings. The van der Waals surface area contributed by atoms with Gasteiger partial charge in [-0.25, -0.2) is 4.39 Å². The Kier molecular flexibility index (Phi) is 3.55. The molecule has 6 heteroatoms. The van der Waals surface area contributed by atoms with Crippen LogP contribution in [0.2, 0.25) is 0 Å². The van der Waals surface area contributed by atoms with Crippen LogP contribution in [0.3, 0.4) is 0 Å². The molecule has 0 aromatic heterocycles. The molecule has 1 aromatic carbocycles. The van der Waals surface area contributed by atoms with Crippen molar-refractivity contribution >= 4 is 5.91 Å². The molecule has 1 aromatic rings. The third-order valence-corrected chi connectivity index (χ3v) is 2.05. The van der Waals surface area contributed by atoms with Gasteiger partial charge in [0.25, 0.3) is 0 Å². The van der Waals surface area contributed by atoms with E-state index in [4.69, 9.17) is 16.1 Å². The second-order valence-electron chi connectivity index (χ2n) is 3.14. The molecule has 0 aliphatic carbocycles. The van der Waals surface area contributed by atoms with Crippen molar-refractivity contribution in [1.29, 1.82) is 5.26 Å². The summed E-state index contributed by atoms with van der Waals surface area (Å²) < 4.78 is 13.1. The van der Waals surface area contributed by atoms with Gasteiger partial charge in [-0.3, -0.25) is 4.79 Å². The molecule has 0 saturated carbocycles. The lowest BCUT2D eigenvalue weighted by molar-refractivity contribution is -0.131. The van der Waals surface area contributed by atoms with Crippen LogP contribution in [0, 0.1) is 17.1 Å². The van der Waals surface area contributed by atoms with Crippen LogP contribution in [0.4, 0.5) is 4.39 Å². The van der Waals surface area contributed by atoms with Crippen LogP contribution in [0.5, 0.6) is 0 Å². The lowest BCUT2D eigenvalue weighted by Crippen LogP contribution is -2.33. The van der Waals surface area contributed by atoms with Crippen molar-refractivity contribution in [1.82, 2.24) is 0 Å². The molecule has 0 spiro atoms. The largest absolute Gasteiger partial charge is 0.385 e. The number of rotatable bonds is 3. The molecule has 1 amide bonds. The highest BCUT2D eigenvalue weighted by Gasteiger charge is 2.24. The first-order valence-corrected chi connectivity index (χ1v) is 4.32. The molecule has 2 atom stereocenters. The quantitative estimate of drug-likeness (QED) is 0.647. The second kappa shape index (κ2) is 4.70. The molecule has 0 aliphatic heterocycles. The first kappa shape index (κ1) is 12.1. The van der Waals surface area contributed by atoms with E-state index in [-0.39, 0.29) is 11.1 Å². The van der Waals surface area contributed by atoms with Gasteiger partial charge in [-0.05, 0) is 17.7 Å². The minimum Gasteiger partial charge on any atom is -0.385 e. The maximum absolute atomic E-state index is 13.1. The predicted molar refractivity (Wildman–Crippen MR) is 51.3 cm³/mol. The van der Waals surface area contributed by atoms with Gasteiger partial charge in [0.1, 0.15) is 18.0 Å². The zero-order valence-electron chi connectivity index (χ0n) is 8.09. The number of nitrogens with zero attached hydrogens (tertiary/aromatic N) is 1. The highest BCUT2D eigenvalue weighted by molar-refractivity contribution is 5.79. The minimum atomic E-state index is -1.81. The summed E-state index contributed by atoms with van der Waals surface area (Å²) in [4.78, 5) is 10.6. The summed E-state index contributed by atoms with van der Waals surface area (Å²) in [5.74, 6) is -1.95. The average Bonchev–Trinajstić information content (AvgIpc) is 2.26. The third-order valence-electron chi connectivity index (χ3n) is 2.05. The Morgan fingerprint density at radius 3 is 2.56 bits per heavy atom. The van der Waals surface area contributed by atoms with Crippen LogP contribution < -0.4 is 5.73 Å². The summed E-state index contributed by atoms with van der Waals surface area (Å²) in [5.41, 5.74) is 4.56. The molecular formula is C10H9FN2O3. The van der Waals surface area contributed by atoms with Crippen LogP contribution in [-0.4, -0.2) is 22.2 Å². The standard InChI is InChI=1S/C10H9FN2O3/c11-7-3-5(1-2-6(7)4-12)8(14)9(15)10(13)16/h1-3,8-9,14-15H,(H2,13,16). The van der Waals surface area contributed by atoms with Gasteiger partial charge >= 0.3 is 0 Å². The summed E-state index contributed by atoms with van der Waals surface area (Å²) in [5, 5.41) is 27.1. The van der Waals surface area contributed by atoms with Crippen LogP contribution >= 0.6 is 0 Å². The van der Waals surface area contributed by atoms with Gasteiger partial charge in [0, 0.05) is 0 Å². The normalized spacial score (nSPS) is 13.9. The van der Waals surface area contributed by atoms with Crippen molar-refractivity contribution in [2.75, 3.05) is 0 Å². The molecule has 84 valence electrons. The Bertz CT molecular complexity index is 456. The first-order chi connectivity index (χ1) is 7.47. The van der Waals surface area contributed by atoms with E-state index in [1.165, 1.54) is 6.07 Å². The van der Waals surface area contributed by atoms with E-state index in [1.54, 1.807) is 6.07 Å². The SMILES string of the molecule is N#Cc1ccc(C(O)C(O)C(N)=O)cc1F. The van der Waals surface area contributed by atoms with E-state index in [9.17, 15) is 14.3 Å². The highest BCUT2D eigenvalue weighted by atomic mass is 19.1. The summed E-state index contributed by atoms with van der Waals surface area (Å²) in [6.07, 6.45) is -3.42. The Morgan fingerprint density at radius 1 is 1.50 bits per heavy atom. The van der Waals surface area contributed by atoms with Gasteiger partial charge in [0.05, 0.1) is 5.56 Å². The smallest absolute Gasteiger partial charge is 0.249 e. The predicted octanol–water partition coefficient (Wildman–Crippen LogP) is -0.423. The summed E-state index contributed by atoms with van der Waals surface area (Å²) >= 11 is 0. The Balaban J connectivity index is 3.02. The van der Waals surface area contributed by atoms with Gasteiger partial charge in [0.15, 0.2) is 6.10 Å². The Hall–Kier alpha value is -1.97. The van der Waals surface area contributed by atoms with Crippen LogP contribution in [-0.2, 0) is 4.79 Å². The lowest BCUT2D eigenvalue weighted by Gasteiger charge is -2.15. The number of amides is 1. The lowest BCUT2D eigenvalue weighted by atomic mass is 10.0. The summed E-state index contributed by atoms with van der Waals surface area (Å²) in [6, 6.07) is 4.85. The Morgan fingerprint density at radius 2 is 2.12 bits per heavy atom. The van der Waals surface area contributed by atoms with Crippen LogP contribution in [0.15, 0.2) is 18.2 Å². The number of hydrogen-bond acceptors (Lipinski definition) is 4. The number of nitriles is 1. The number of nitrogens with two attached hydrogens (primary N) is 1. The van der Waals surface area contributed by atoms with Crippen molar-refractivity contribution < 1.29 is 19.4 Å². The van der Waals surface area contributed by atoms with Crippen molar-refractivity contribution in [3.05, 3.63) is 35.1 Å². The highest BCUT2D eigenvalue weighted by Crippen LogP contribution is 2.19. The van der Waals surface area contributed by atoms with E-state index >= 15 is 0 Å². The number of aliphatic hydroxyl groups is 2. The van der Waals surface area contributed by atoms with E-state index < -0.39 is 23.9 Å². The maximum atomic E-state index is 13.1. The third kappa shape index (κ3) is 2.34. The van der Waals surface area contributed by atoms with Crippen molar-refractivity contribution in [3.63, 3.8) is 0 Å². The van der Waals surface area contributed by atoms with Gasteiger partial charge in [-0.2, -0.15) is 5.26 Å². The van der Waals surface area contributed by atoms with E-state index in [2.05, 4.69) is 0 Å². The number of benzene rings is 1. The fraction of sp³-hybridized carbons (Fsp3) is 0.200. The zero-order valence-corrected chi connectivity index (χ0v) is 8.09. The molecule has 0 saturated heterocycles. The van der Waals surface area contributed by atoms with Crippen LogP contribution in [0.25, 0.3) is 0 Å². The molecule has 16 heavy (non-hydrogen) atoms. The van der Waals surface area contributed by atoms with E-state index in [0.29, 0.717) is 0 Å². The molecule has 0 radical (unpaired) electrons. The van der Waals surface area contributed by atoms with Crippen molar-refractivity contribution in [3.8, 4) is 6.07 Å². The summed E-state index contributed by atoms with van der Waals surface area (Å²) in [7, 11) is 0. The number of halogens is 1. The zero-order chi connectivity index (χ0) is 12.3. The molecule has 0 bridgehead atoms. The van der Waals surface area contributed by atoms with Crippen molar-refractivity contribution in [2.45, 2.75) is 12.2 Å². The van der Waals surface area contributed by atoms with E-state index in [1.807, 2.05) is 0 Å². The van der Waals surface area contributed by atoms with Gasteiger partial charge in [-0.1, -0.05) is 6.07 Å². The Labute approximate surface area is 90.5 Å². The minimum absolute atomic E-state index is 0.0252. The van der Waals surface area contributed by atoms with Gasteiger partial charge < -0.3 is 15.9 Å². The number of aliphatic hydroxyl groups excluding tert-OH is 2. The topological polar surface area (TPSA) is 107 Å². The molecule has 4 N–H and O–H groups in total. The molecule has 1 rings (SSSR count). The van der Waals surface area contributed by atoms with Crippen molar-refractivity contribution in [2.24, 2.45) is 5.73 Å². The second-order valence-corrected chi connectivity index (χ2v) is 3.14. The molecule has 0 fully saturated rings. The number of hydrogen-bond donors (Lipinski definition) is 3. The average molecular weight is 224 g/mol. The van der Waals surface area contributed by atoms with E-state index in [0.717, 1.165) is 12.1 Å². The fourth-order valence-corrected chi connectivity index (χ4v) is 1.14. The van der Waals surface area contributed by atoms with Gasteiger partial charge in [0.2, 0.25) is 5.91 Å². The van der Waals surface area contributed by atoms with Gasteiger partial charge in [-0.15, -0.1) is 0 Å². The molecule has 5 nitrogen and oxygen atoms in total. The maximum Gasteiger partial charge on any atom is 0.249 e. The molecular weight excluding hydrogens is 215 g/mol. The number of carbonyl (C=O) groups is 1.